The van der Waals surface area contributed by atoms with Gasteiger partial charge in [0.1, 0.15) is 12.4 Å². The number of nitrogens with zero attached hydrogens (tertiary/aromatic N) is 2. The lowest BCUT2D eigenvalue weighted by Crippen LogP contribution is -2.37. The van der Waals surface area contributed by atoms with E-state index >= 15 is 0 Å². The molecule has 108 valence electrons. The number of hydrogen-bond donors (Lipinski definition) is 1. The molecule has 0 atom stereocenters. The average molecular weight is 395 g/mol. The van der Waals surface area contributed by atoms with Crippen LogP contribution in [0.25, 0.3) is 0 Å². The molecule has 3 rings (SSSR count). The van der Waals surface area contributed by atoms with Crippen LogP contribution in [0.2, 0.25) is 0 Å². The molecule has 19 heavy (non-hydrogen) atoms. The Labute approximate surface area is 135 Å². The highest BCUT2D eigenvalue weighted by Crippen LogP contribution is 2.29. The summed E-state index contributed by atoms with van der Waals surface area (Å²) in [5, 5.41) is 3.32. The molecule has 0 spiro atoms. The van der Waals surface area contributed by atoms with E-state index in [4.69, 9.17) is 4.74 Å². The minimum atomic E-state index is 0. The van der Waals surface area contributed by atoms with E-state index in [1.54, 1.807) is 0 Å². The zero-order valence-electron chi connectivity index (χ0n) is 11.1. The molecule has 1 aliphatic heterocycles. The van der Waals surface area contributed by atoms with E-state index in [0.717, 1.165) is 30.4 Å². The first-order chi connectivity index (χ1) is 8.34. The first kappa shape index (κ1) is 16.7. The van der Waals surface area contributed by atoms with Crippen LogP contribution in [0, 0.1) is 0 Å². The number of nitrogens with one attached hydrogen (secondary N) is 1. The number of rotatable bonds is 2. The molecular formula is C13H21Br2N3O. The summed E-state index contributed by atoms with van der Waals surface area (Å²) in [6, 6.07) is 4.91. The standard InChI is InChI=1S/C13H19N3O.2BrH/c1-16(11-3-2-4-11)12-6-5-10-9-14-7-8-17-13(10)15-12;;/h5-6,11,14H,2-4,7-9H2,1H3;2*1H. The zero-order chi connectivity index (χ0) is 11.7. The van der Waals surface area contributed by atoms with Crippen molar-refractivity contribution in [3.05, 3.63) is 17.7 Å². The van der Waals surface area contributed by atoms with E-state index in [1.807, 2.05) is 0 Å². The Bertz CT molecular complexity index is 413. The zero-order valence-corrected chi connectivity index (χ0v) is 14.5. The summed E-state index contributed by atoms with van der Waals surface area (Å²) < 4.78 is 5.67. The van der Waals surface area contributed by atoms with E-state index in [-0.39, 0.29) is 34.0 Å². The Morgan fingerprint density at radius 3 is 2.79 bits per heavy atom. The Kier molecular flexibility index (Phi) is 6.56. The average Bonchev–Trinajstić information content (AvgIpc) is 2.50. The summed E-state index contributed by atoms with van der Waals surface area (Å²) in [7, 11) is 2.13. The number of ether oxygens (including phenoxy) is 1. The van der Waals surface area contributed by atoms with Crippen LogP contribution in [0.3, 0.4) is 0 Å². The molecule has 2 aliphatic rings. The maximum atomic E-state index is 5.67. The summed E-state index contributed by atoms with van der Waals surface area (Å²) in [6.07, 6.45) is 3.93. The van der Waals surface area contributed by atoms with Gasteiger partial charge in [0.05, 0.1) is 0 Å². The van der Waals surface area contributed by atoms with Crippen LogP contribution in [-0.4, -0.2) is 31.2 Å². The molecule has 0 unspecified atom stereocenters. The molecule has 1 fully saturated rings. The van der Waals surface area contributed by atoms with Crippen molar-refractivity contribution in [3.8, 4) is 5.88 Å². The Morgan fingerprint density at radius 2 is 2.11 bits per heavy atom. The monoisotopic (exact) mass is 393 g/mol. The van der Waals surface area contributed by atoms with Crippen LogP contribution in [0.4, 0.5) is 5.82 Å². The second kappa shape index (κ2) is 7.45. The van der Waals surface area contributed by atoms with Gasteiger partial charge in [-0.05, 0) is 31.4 Å². The maximum absolute atomic E-state index is 5.67. The summed E-state index contributed by atoms with van der Waals surface area (Å²) >= 11 is 0. The van der Waals surface area contributed by atoms with Gasteiger partial charge in [0.15, 0.2) is 0 Å². The molecule has 4 nitrogen and oxygen atoms in total. The summed E-state index contributed by atoms with van der Waals surface area (Å²) in [4.78, 5) is 6.92. The second-order valence-electron chi connectivity index (χ2n) is 4.85. The van der Waals surface area contributed by atoms with Crippen molar-refractivity contribution >= 4 is 39.8 Å². The molecule has 1 aromatic rings. The molecular weight excluding hydrogens is 374 g/mol. The van der Waals surface area contributed by atoms with Gasteiger partial charge in [-0.3, -0.25) is 0 Å². The molecule has 0 radical (unpaired) electrons. The van der Waals surface area contributed by atoms with Gasteiger partial charge < -0.3 is 15.0 Å². The molecule has 1 aliphatic carbocycles. The van der Waals surface area contributed by atoms with Gasteiger partial charge in [0.25, 0.3) is 0 Å². The quantitative estimate of drug-likeness (QED) is 0.836. The lowest BCUT2D eigenvalue weighted by molar-refractivity contribution is 0.313. The number of hydrogen-bond acceptors (Lipinski definition) is 4. The van der Waals surface area contributed by atoms with Crippen molar-refractivity contribution in [1.29, 1.82) is 0 Å². The van der Waals surface area contributed by atoms with Crippen molar-refractivity contribution < 1.29 is 4.74 Å². The number of aromatic nitrogens is 1. The molecule has 1 aromatic heterocycles. The van der Waals surface area contributed by atoms with E-state index in [9.17, 15) is 0 Å². The Morgan fingerprint density at radius 1 is 1.32 bits per heavy atom. The molecule has 1 N–H and O–H groups in total. The van der Waals surface area contributed by atoms with E-state index in [1.165, 1.54) is 19.3 Å². The normalized spacial score (nSPS) is 17.7. The first-order valence-corrected chi connectivity index (χ1v) is 6.41. The largest absolute Gasteiger partial charge is 0.476 e. The predicted octanol–water partition coefficient (Wildman–Crippen LogP) is 2.71. The van der Waals surface area contributed by atoms with Crippen molar-refractivity contribution in [1.82, 2.24) is 10.3 Å². The predicted molar refractivity (Wildman–Crippen MR) is 88.1 cm³/mol. The highest BCUT2D eigenvalue weighted by Gasteiger charge is 2.23. The van der Waals surface area contributed by atoms with Crippen LogP contribution in [0.1, 0.15) is 24.8 Å². The molecule has 1 saturated carbocycles. The third-order valence-corrected chi connectivity index (χ3v) is 3.74. The maximum Gasteiger partial charge on any atom is 0.219 e. The molecule has 2 heterocycles. The molecule has 6 heteroatoms. The van der Waals surface area contributed by atoms with E-state index in [2.05, 4.69) is 34.4 Å². The third-order valence-electron chi connectivity index (χ3n) is 3.74. The van der Waals surface area contributed by atoms with Gasteiger partial charge >= 0.3 is 0 Å². The first-order valence-electron chi connectivity index (χ1n) is 6.41. The number of halogens is 2. The van der Waals surface area contributed by atoms with Crippen molar-refractivity contribution in [2.24, 2.45) is 0 Å². The van der Waals surface area contributed by atoms with Crippen molar-refractivity contribution in [2.75, 3.05) is 25.1 Å². The smallest absolute Gasteiger partial charge is 0.219 e. The minimum Gasteiger partial charge on any atom is -0.476 e. The van der Waals surface area contributed by atoms with Crippen LogP contribution >= 0.6 is 34.0 Å². The molecule has 0 aromatic carbocycles. The molecule has 0 amide bonds. The highest BCUT2D eigenvalue weighted by molar-refractivity contribution is 8.93. The fraction of sp³-hybridized carbons (Fsp3) is 0.615. The van der Waals surface area contributed by atoms with Gasteiger partial charge in [-0.1, -0.05) is 0 Å². The summed E-state index contributed by atoms with van der Waals surface area (Å²) in [5.41, 5.74) is 1.16. The fourth-order valence-corrected chi connectivity index (χ4v) is 2.32. The van der Waals surface area contributed by atoms with Crippen LogP contribution in [0.5, 0.6) is 5.88 Å². The lowest BCUT2D eigenvalue weighted by atomic mass is 9.92. The van der Waals surface area contributed by atoms with E-state index < -0.39 is 0 Å². The minimum absolute atomic E-state index is 0. The van der Waals surface area contributed by atoms with E-state index in [0.29, 0.717) is 12.6 Å². The number of pyridine rings is 1. The fourth-order valence-electron chi connectivity index (χ4n) is 2.32. The van der Waals surface area contributed by atoms with Crippen LogP contribution in [-0.2, 0) is 6.54 Å². The highest BCUT2D eigenvalue weighted by atomic mass is 79.9. The number of anilines is 1. The van der Waals surface area contributed by atoms with Crippen molar-refractivity contribution in [2.45, 2.75) is 31.8 Å². The second-order valence-corrected chi connectivity index (χ2v) is 4.85. The van der Waals surface area contributed by atoms with Crippen LogP contribution in [0.15, 0.2) is 12.1 Å². The van der Waals surface area contributed by atoms with Gasteiger partial charge in [0.2, 0.25) is 5.88 Å². The van der Waals surface area contributed by atoms with Gasteiger partial charge in [-0.2, -0.15) is 4.98 Å². The Hall–Kier alpha value is -0.330. The summed E-state index contributed by atoms with van der Waals surface area (Å²) in [5.74, 6) is 1.84. The number of fused-ring (bicyclic) bond motifs is 1. The van der Waals surface area contributed by atoms with Gasteiger partial charge in [-0.15, -0.1) is 34.0 Å². The van der Waals surface area contributed by atoms with Gasteiger partial charge in [-0.25, -0.2) is 0 Å². The SMILES string of the molecule is Br.Br.CN(c1ccc2c(n1)OCCNC2)C1CCC1. The topological polar surface area (TPSA) is 37.4 Å². The Balaban J connectivity index is 0.000000902. The van der Waals surface area contributed by atoms with Crippen LogP contribution < -0.4 is 15.0 Å². The van der Waals surface area contributed by atoms with Crippen molar-refractivity contribution in [3.63, 3.8) is 0 Å². The summed E-state index contributed by atoms with van der Waals surface area (Å²) in [6.45, 7) is 2.45. The molecule has 0 bridgehead atoms. The molecule has 0 saturated heterocycles. The third kappa shape index (κ3) is 3.61. The van der Waals surface area contributed by atoms with Gasteiger partial charge in [0, 0.05) is 31.7 Å². The lowest BCUT2D eigenvalue weighted by Gasteiger charge is -2.35.